The van der Waals surface area contributed by atoms with Crippen molar-refractivity contribution in [3.05, 3.63) is 30.1 Å². The van der Waals surface area contributed by atoms with Gasteiger partial charge in [-0.2, -0.15) is 4.98 Å². The van der Waals surface area contributed by atoms with Gasteiger partial charge in [-0.05, 0) is 45.2 Å². The second-order valence-corrected chi connectivity index (χ2v) is 6.49. The summed E-state index contributed by atoms with van der Waals surface area (Å²) in [5.41, 5.74) is 1.53. The van der Waals surface area contributed by atoms with E-state index in [-0.39, 0.29) is 18.1 Å². The van der Waals surface area contributed by atoms with Crippen LogP contribution in [0.1, 0.15) is 25.7 Å². The van der Waals surface area contributed by atoms with Crippen LogP contribution >= 0.6 is 0 Å². The smallest absolute Gasteiger partial charge is 0.319 e. The summed E-state index contributed by atoms with van der Waals surface area (Å²) in [6, 6.07) is 7.31. The lowest BCUT2D eigenvalue weighted by molar-refractivity contribution is 0.190. The Morgan fingerprint density at radius 1 is 1.36 bits per heavy atom. The van der Waals surface area contributed by atoms with Gasteiger partial charge in [-0.1, -0.05) is 5.16 Å². The first-order chi connectivity index (χ1) is 12.0. The third kappa shape index (κ3) is 4.34. The Kier molecular flexibility index (Phi) is 5.30. The second kappa shape index (κ2) is 7.62. The fraction of sp³-hybridized carbons (Fsp3) is 0.471. The Morgan fingerprint density at radius 2 is 2.12 bits per heavy atom. The summed E-state index contributed by atoms with van der Waals surface area (Å²) in [4.78, 5) is 18.5. The number of rotatable bonds is 4. The third-order valence-corrected chi connectivity index (χ3v) is 4.06. The molecule has 8 nitrogen and oxygen atoms in total. The zero-order valence-electron chi connectivity index (χ0n) is 14.7. The Hall–Kier alpha value is -2.45. The van der Waals surface area contributed by atoms with E-state index in [0.29, 0.717) is 17.4 Å². The predicted molar refractivity (Wildman–Crippen MR) is 95.3 cm³/mol. The van der Waals surface area contributed by atoms with E-state index in [9.17, 15) is 4.79 Å². The number of anilines is 1. The third-order valence-electron chi connectivity index (χ3n) is 4.06. The van der Waals surface area contributed by atoms with E-state index in [4.69, 9.17) is 4.52 Å². The first-order valence-corrected chi connectivity index (χ1v) is 8.45. The standard InChI is InChI=1S/C17H24N6O2/c1-11(2)19-17(24)20-13-6-4-12(5-7-13)16-21-15(22-25-16)14-10-18-8-9-23(14)3/h4-7,11,14,18H,8-10H2,1-3H3,(H2,19,20,24). The van der Waals surface area contributed by atoms with E-state index < -0.39 is 0 Å². The van der Waals surface area contributed by atoms with Crippen molar-refractivity contribution >= 4 is 11.7 Å². The van der Waals surface area contributed by atoms with Crippen molar-refractivity contribution in [1.29, 1.82) is 0 Å². The lowest BCUT2D eigenvalue weighted by atomic mass is 10.2. The molecular weight excluding hydrogens is 320 g/mol. The fourth-order valence-electron chi connectivity index (χ4n) is 2.71. The number of benzene rings is 1. The minimum Gasteiger partial charge on any atom is -0.336 e. The molecular formula is C17H24N6O2. The lowest BCUT2D eigenvalue weighted by Gasteiger charge is -2.30. The topological polar surface area (TPSA) is 95.3 Å². The van der Waals surface area contributed by atoms with Crippen molar-refractivity contribution in [2.75, 3.05) is 32.0 Å². The zero-order valence-corrected chi connectivity index (χ0v) is 14.7. The molecule has 0 aliphatic carbocycles. The Bertz CT molecular complexity index is 712. The molecule has 0 radical (unpaired) electrons. The molecule has 1 fully saturated rings. The van der Waals surface area contributed by atoms with Crippen LogP contribution in [0.15, 0.2) is 28.8 Å². The van der Waals surface area contributed by atoms with Crippen LogP contribution in [-0.2, 0) is 0 Å². The van der Waals surface area contributed by atoms with Crippen LogP contribution in [0.4, 0.5) is 10.5 Å². The van der Waals surface area contributed by atoms with E-state index in [1.165, 1.54) is 0 Å². The first kappa shape index (κ1) is 17.4. The molecule has 0 saturated carbocycles. The van der Waals surface area contributed by atoms with Crippen LogP contribution in [0.25, 0.3) is 11.5 Å². The molecule has 1 saturated heterocycles. The highest BCUT2D eigenvalue weighted by Gasteiger charge is 2.25. The van der Waals surface area contributed by atoms with Crippen molar-refractivity contribution in [1.82, 2.24) is 25.7 Å². The number of nitrogens with one attached hydrogen (secondary N) is 3. The molecule has 2 heterocycles. The number of carbonyl (C=O) groups is 1. The zero-order chi connectivity index (χ0) is 17.8. The maximum Gasteiger partial charge on any atom is 0.319 e. The monoisotopic (exact) mass is 344 g/mol. The normalized spacial score (nSPS) is 18.3. The molecule has 0 bridgehead atoms. The van der Waals surface area contributed by atoms with Gasteiger partial charge in [0.1, 0.15) is 0 Å². The molecule has 1 aromatic carbocycles. The SMILES string of the molecule is CC(C)NC(=O)Nc1ccc(-c2nc(C3CNCCN3C)no2)cc1. The molecule has 1 aliphatic rings. The highest BCUT2D eigenvalue weighted by molar-refractivity contribution is 5.89. The molecule has 134 valence electrons. The summed E-state index contributed by atoms with van der Waals surface area (Å²) in [7, 11) is 2.06. The van der Waals surface area contributed by atoms with Crippen LogP contribution in [0.3, 0.4) is 0 Å². The maximum atomic E-state index is 11.7. The van der Waals surface area contributed by atoms with Crippen LogP contribution in [0, 0.1) is 0 Å². The van der Waals surface area contributed by atoms with Gasteiger partial charge in [0.25, 0.3) is 5.89 Å². The van der Waals surface area contributed by atoms with Crippen molar-refractivity contribution in [3.63, 3.8) is 0 Å². The summed E-state index contributed by atoms with van der Waals surface area (Å²) in [6.07, 6.45) is 0. The molecule has 3 N–H and O–H groups in total. The number of carbonyl (C=O) groups excluding carboxylic acids is 1. The highest BCUT2D eigenvalue weighted by Crippen LogP contribution is 2.23. The van der Waals surface area contributed by atoms with Gasteiger partial charge < -0.3 is 20.5 Å². The van der Waals surface area contributed by atoms with Crippen LogP contribution in [-0.4, -0.2) is 53.8 Å². The quantitative estimate of drug-likeness (QED) is 0.783. The van der Waals surface area contributed by atoms with Gasteiger partial charge in [0.15, 0.2) is 5.82 Å². The van der Waals surface area contributed by atoms with Gasteiger partial charge in [-0.25, -0.2) is 4.79 Å². The summed E-state index contributed by atoms with van der Waals surface area (Å²) < 4.78 is 5.41. The van der Waals surface area contributed by atoms with E-state index in [1.807, 2.05) is 38.1 Å². The first-order valence-electron chi connectivity index (χ1n) is 8.45. The highest BCUT2D eigenvalue weighted by atomic mass is 16.5. The number of piperazine rings is 1. The minimum absolute atomic E-state index is 0.0866. The van der Waals surface area contributed by atoms with Gasteiger partial charge in [0, 0.05) is 36.9 Å². The largest absolute Gasteiger partial charge is 0.336 e. The number of nitrogens with zero attached hydrogens (tertiary/aromatic N) is 3. The van der Waals surface area contributed by atoms with Gasteiger partial charge in [-0.15, -0.1) is 0 Å². The van der Waals surface area contributed by atoms with E-state index in [2.05, 4.69) is 38.0 Å². The average Bonchev–Trinajstić information content (AvgIpc) is 3.05. The molecule has 1 unspecified atom stereocenters. The number of likely N-dealkylation sites (N-methyl/N-ethyl adjacent to an activating group) is 1. The van der Waals surface area contributed by atoms with Crippen molar-refractivity contribution in [3.8, 4) is 11.5 Å². The Balaban J connectivity index is 1.67. The number of urea groups is 1. The van der Waals surface area contributed by atoms with Crippen molar-refractivity contribution in [2.24, 2.45) is 0 Å². The number of amides is 2. The Morgan fingerprint density at radius 3 is 2.80 bits per heavy atom. The minimum atomic E-state index is -0.226. The van der Waals surface area contributed by atoms with E-state index >= 15 is 0 Å². The van der Waals surface area contributed by atoms with Gasteiger partial charge in [0.2, 0.25) is 0 Å². The fourth-order valence-corrected chi connectivity index (χ4v) is 2.71. The molecule has 1 atom stereocenters. The molecule has 8 heteroatoms. The summed E-state index contributed by atoms with van der Waals surface area (Å²) in [5.74, 6) is 1.16. The number of hydrogen-bond acceptors (Lipinski definition) is 6. The van der Waals surface area contributed by atoms with E-state index in [0.717, 1.165) is 25.2 Å². The Labute approximate surface area is 147 Å². The van der Waals surface area contributed by atoms with Gasteiger partial charge in [-0.3, -0.25) is 4.90 Å². The second-order valence-electron chi connectivity index (χ2n) is 6.49. The number of aromatic nitrogens is 2. The average molecular weight is 344 g/mol. The van der Waals surface area contributed by atoms with Crippen LogP contribution in [0.5, 0.6) is 0 Å². The predicted octanol–water partition coefficient (Wildman–Crippen LogP) is 1.84. The van der Waals surface area contributed by atoms with Gasteiger partial charge in [0.05, 0.1) is 6.04 Å². The summed E-state index contributed by atoms with van der Waals surface area (Å²) in [6.45, 7) is 6.55. The van der Waals surface area contributed by atoms with Crippen LogP contribution in [0.2, 0.25) is 0 Å². The molecule has 1 aromatic heterocycles. The van der Waals surface area contributed by atoms with Gasteiger partial charge >= 0.3 is 6.03 Å². The van der Waals surface area contributed by atoms with E-state index in [1.54, 1.807) is 0 Å². The summed E-state index contributed by atoms with van der Waals surface area (Å²) in [5, 5.41) is 13.0. The summed E-state index contributed by atoms with van der Waals surface area (Å²) >= 11 is 0. The number of hydrogen-bond donors (Lipinski definition) is 3. The molecule has 0 spiro atoms. The lowest BCUT2D eigenvalue weighted by Crippen LogP contribution is -2.44. The molecule has 2 amide bonds. The van der Waals surface area contributed by atoms with Crippen molar-refractivity contribution in [2.45, 2.75) is 25.9 Å². The molecule has 25 heavy (non-hydrogen) atoms. The van der Waals surface area contributed by atoms with Crippen LogP contribution < -0.4 is 16.0 Å². The maximum absolute atomic E-state index is 11.7. The molecule has 3 rings (SSSR count). The molecule has 2 aromatic rings. The van der Waals surface area contributed by atoms with Crippen molar-refractivity contribution < 1.29 is 9.32 Å². The molecule has 1 aliphatic heterocycles.